The Morgan fingerprint density at radius 3 is 2.53 bits per heavy atom. The zero-order valence-corrected chi connectivity index (χ0v) is 10.6. The molecular weight excluding hydrogens is 234 g/mol. The molecule has 1 N–H and O–H groups in total. The van der Waals surface area contributed by atoms with Crippen molar-refractivity contribution in [3.8, 4) is 5.75 Å². The van der Waals surface area contributed by atoms with E-state index in [1.807, 2.05) is 24.3 Å². The van der Waals surface area contributed by atoms with E-state index in [0.29, 0.717) is 18.2 Å². The van der Waals surface area contributed by atoms with Crippen LogP contribution in [-0.4, -0.2) is 18.2 Å². The largest absolute Gasteiger partial charge is 0.489 e. The molecule has 2 bridgehead atoms. The van der Waals surface area contributed by atoms with Crippen molar-refractivity contribution >= 4 is 11.6 Å². The minimum Gasteiger partial charge on any atom is -0.489 e. The lowest BCUT2D eigenvalue weighted by atomic mass is 9.85. The van der Waals surface area contributed by atoms with Crippen molar-refractivity contribution in [2.45, 2.75) is 50.3 Å². The fraction of sp³-hybridized carbons (Fsp3) is 0.571. The Balaban J connectivity index is 1.68. The molecule has 1 aromatic rings. The second-order valence-corrected chi connectivity index (χ2v) is 5.54. The first-order chi connectivity index (χ1) is 8.31. The van der Waals surface area contributed by atoms with E-state index in [2.05, 4.69) is 5.32 Å². The lowest BCUT2D eigenvalue weighted by molar-refractivity contribution is 0.0928. The third kappa shape index (κ3) is 2.58. The van der Waals surface area contributed by atoms with E-state index in [9.17, 15) is 0 Å². The lowest BCUT2D eigenvalue weighted by Crippen LogP contribution is -2.51. The third-order valence-corrected chi connectivity index (χ3v) is 4.11. The van der Waals surface area contributed by atoms with Gasteiger partial charge >= 0.3 is 0 Å². The fourth-order valence-corrected chi connectivity index (χ4v) is 3.21. The highest BCUT2D eigenvalue weighted by molar-refractivity contribution is 6.32. The summed E-state index contributed by atoms with van der Waals surface area (Å²) in [6, 6.07) is 9.05. The van der Waals surface area contributed by atoms with E-state index in [0.717, 1.165) is 23.6 Å². The van der Waals surface area contributed by atoms with Crippen LogP contribution < -0.4 is 10.1 Å². The molecule has 0 radical (unpaired) electrons. The fourth-order valence-electron chi connectivity index (χ4n) is 3.03. The van der Waals surface area contributed by atoms with Gasteiger partial charge in [-0.05, 0) is 37.8 Å². The van der Waals surface area contributed by atoms with Gasteiger partial charge in [-0.2, -0.15) is 0 Å². The molecular formula is C14H18ClNO. The first kappa shape index (κ1) is 11.4. The van der Waals surface area contributed by atoms with E-state index in [-0.39, 0.29) is 0 Å². The summed E-state index contributed by atoms with van der Waals surface area (Å²) in [5, 5.41) is 4.39. The van der Waals surface area contributed by atoms with Crippen LogP contribution in [0, 0.1) is 0 Å². The summed E-state index contributed by atoms with van der Waals surface area (Å²) >= 11 is 6.12. The van der Waals surface area contributed by atoms with E-state index in [4.69, 9.17) is 16.3 Å². The zero-order chi connectivity index (χ0) is 11.7. The van der Waals surface area contributed by atoms with Gasteiger partial charge in [-0.1, -0.05) is 30.2 Å². The number of fused-ring (bicyclic) bond motifs is 2. The Hall–Kier alpha value is -0.730. The minimum atomic E-state index is 0.325. The van der Waals surface area contributed by atoms with Crippen molar-refractivity contribution in [1.82, 2.24) is 5.32 Å². The van der Waals surface area contributed by atoms with Gasteiger partial charge in [0.2, 0.25) is 0 Å². The summed E-state index contributed by atoms with van der Waals surface area (Å²) in [7, 11) is 0. The molecule has 0 spiro atoms. The number of hydrogen-bond acceptors (Lipinski definition) is 2. The molecule has 2 unspecified atom stereocenters. The zero-order valence-electron chi connectivity index (χ0n) is 9.86. The number of para-hydroxylation sites is 1. The van der Waals surface area contributed by atoms with Gasteiger partial charge in [-0.3, -0.25) is 0 Å². The SMILES string of the molecule is Clc1ccccc1OC1CC2CCCC(C1)N2. The molecule has 2 aliphatic heterocycles. The molecule has 2 fully saturated rings. The Morgan fingerprint density at radius 1 is 1.12 bits per heavy atom. The van der Waals surface area contributed by atoms with Gasteiger partial charge < -0.3 is 10.1 Å². The molecule has 17 heavy (non-hydrogen) atoms. The van der Waals surface area contributed by atoms with Crippen LogP contribution in [-0.2, 0) is 0 Å². The van der Waals surface area contributed by atoms with E-state index < -0.39 is 0 Å². The van der Waals surface area contributed by atoms with Crippen molar-refractivity contribution < 1.29 is 4.74 Å². The topological polar surface area (TPSA) is 21.3 Å². The normalized spacial score (nSPS) is 32.2. The molecule has 2 saturated heterocycles. The summed E-state index contributed by atoms with van der Waals surface area (Å²) in [4.78, 5) is 0. The van der Waals surface area contributed by atoms with Crippen LogP contribution in [0.2, 0.25) is 5.02 Å². The smallest absolute Gasteiger partial charge is 0.138 e. The van der Waals surface area contributed by atoms with Gasteiger partial charge in [0.05, 0.1) is 5.02 Å². The quantitative estimate of drug-likeness (QED) is 0.870. The number of rotatable bonds is 2. The average Bonchev–Trinajstić information content (AvgIpc) is 2.32. The number of piperidine rings is 2. The van der Waals surface area contributed by atoms with Gasteiger partial charge in [0.15, 0.2) is 0 Å². The van der Waals surface area contributed by atoms with E-state index >= 15 is 0 Å². The highest BCUT2D eigenvalue weighted by Gasteiger charge is 2.32. The lowest BCUT2D eigenvalue weighted by Gasteiger charge is -2.40. The Morgan fingerprint density at radius 2 is 1.82 bits per heavy atom. The maximum atomic E-state index is 6.12. The first-order valence-corrected chi connectivity index (χ1v) is 6.86. The maximum Gasteiger partial charge on any atom is 0.138 e. The molecule has 2 nitrogen and oxygen atoms in total. The monoisotopic (exact) mass is 251 g/mol. The second kappa shape index (κ2) is 4.87. The first-order valence-electron chi connectivity index (χ1n) is 6.48. The molecule has 3 rings (SSSR count). The predicted molar refractivity (Wildman–Crippen MR) is 69.7 cm³/mol. The Kier molecular flexibility index (Phi) is 3.26. The molecule has 1 aromatic carbocycles. The van der Waals surface area contributed by atoms with Crippen molar-refractivity contribution in [3.05, 3.63) is 29.3 Å². The summed E-state index contributed by atoms with van der Waals surface area (Å²) in [5.74, 6) is 0.833. The molecule has 2 heterocycles. The van der Waals surface area contributed by atoms with Crippen molar-refractivity contribution in [1.29, 1.82) is 0 Å². The standard InChI is InChI=1S/C14H18ClNO/c15-13-6-1-2-7-14(13)17-12-8-10-4-3-5-11(9-12)16-10/h1-2,6-7,10-12,16H,3-5,8-9H2. The summed E-state index contributed by atoms with van der Waals surface area (Å²) in [5.41, 5.74) is 0. The molecule has 3 heteroatoms. The molecule has 0 amide bonds. The third-order valence-electron chi connectivity index (χ3n) is 3.80. The average molecular weight is 252 g/mol. The molecule has 2 aliphatic rings. The summed E-state index contributed by atoms with van der Waals surface area (Å²) in [6.45, 7) is 0. The van der Waals surface area contributed by atoms with Crippen LogP contribution in [0.5, 0.6) is 5.75 Å². The molecule has 92 valence electrons. The number of benzene rings is 1. The van der Waals surface area contributed by atoms with Crippen LogP contribution >= 0.6 is 11.6 Å². The maximum absolute atomic E-state index is 6.12. The summed E-state index contributed by atoms with van der Waals surface area (Å²) < 4.78 is 6.05. The van der Waals surface area contributed by atoms with Crippen molar-refractivity contribution in [2.75, 3.05) is 0 Å². The molecule has 0 aromatic heterocycles. The van der Waals surface area contributed by atoms with Gasteiger partial charge in [0.25, 0.3) is 0 Å². The number of ether oxygens (including phenoxy) is 1. The highest BCUT2D eigenvalue weighted by Crippen LogP contribution is 2.31. The van der Waals surface area contributed by atoms with E-state index in [1.54, 1.807) is 0 Å². The summed E-state index contributed by atoms with van der Waals surface area (Å²) in [6.07, 6.45) is 6.49. The van der Waals surface area contributed by atoms with Crippen molar-refractivity contribution in [2.24, 2.45) is 0 Å². The van der Waals surface area contributed by atoms with Gasteiger partial charge in [0.1, 0.15) is 11.9 Å². The van der Waals surface area contributed by atoms with Crippen LogP contribution in [0.25, 0.3) is 0 Å². The number of halogens is 1. The molecule has 0 aliphatic carbocycles. The predicted octanol–water partition coefficient (Wildman–Crippen LogP) is 3.39. The highest BCUT2D eigenvalue weighted by atomic mass is 35.5. The van der Waals surface area contributed by atoms with Gasteiger partial charge in [-0.15, -0.1) is 0 Å². The number of hydrogen-bond donors (Lipinski definition) is 1. The minimum absolute atomic E-state index is 0.325. The van der Waals surface area contributed by atoms with Crippen molar-refractivity contribution in [3.63, 3.8) is 0 Å². The Labute approximate surface area is 107 Å². The molecule has 2 atom stereocenters. The van der Waals surface area contributed by atoms with Crippen LogP contribution in [0.15, 0.2) is 24.3 Å². The number of nitrogens with one attached hydrogen (secondary N) is 1. The van der Waals surface area contributed by atoms with Gasteiger partial charge in [-0.25, -0.2) is 0 Å². The van der Waals surface area contributed by atoms with Crippen LogP contribution in [0.1, 0.15) is 32.1 Å². The van der Waals surface area contributed by atoms with Crippen LogP contribution in [0.3, 0.4) is 0 Å². The second-order valence-electron chi connectivity index (χ2n) is 5.13. The van der Waals surface area contributed by atoms with E-state index in [1.165, 1.54) is 19.3 Å². The molecule has 0 saturated carbocycles. The van der Waals surface area contributed by atoms with Gasteiger partial charge in [0, 0.05) is 12.1 Å². The van der Waals surface area contributed by atoms with Crippen LogP contribution in [0.4, 0.5) is 0 Å². The Bertz CT molecular complexity index is 384.